The number of pyridine rings is 1. The molecule has 8 heteroatoms. The molecule has 29 heavy (non-hydrogen) atoms. The highest BCUT2D eigenvalue weighted by atomic mass is 16.5. The predicted octanol–water partition coefficient (Wildman–Crippen LogP) is 3.13. The van der Waals surface area contributed by atoms with Crippen molar-refractivity contribution in [3.05, 3.63) is 48.5 Å². The number of nitrogens with zero attached hydrogens (tertiary/aromatic N) is 3. The van der Waals surface area contributed by atoms with Gasteiger partial charge in [0.1, 0.15) is 11.6 Å². The van der Waals surface area contributed by atoms with Crippen molar-refractivity contribution in [2.75, 3.05) is 11.1 Å². The Morgan fingerprint density at radius 1 is 1.17 bits per heavy atom. The Bertz CT molecular complexity index is 982. The van der Waals surface area contributed by atoms with E-state index >= 15 is 0 Å². The lowest BCUT2D eigenvalue weighted by Crippen LogP contribution is -2.31. The molecule has 0 amide bonds. The number of rotatable bonds is 4. The average Bonchev–Trinajstić information content (AvgIpc) is 2.70. The molecule has 3 N–H and O–H groups in total. The lowest BCUT2D eigenvalue weighted by Gasteiger charge is -2.30. The first-order valence-electron chi connectivity index (χ1n) is 9.45. The number of fused-ring (bicyclic) bond motifs is 1. The van der Waals surface area contributed by atoms with Gasteiger partial charge < -0.3 is 15.8 Å². The molecule has 0 spiro atoms. The van der Waals surface area contributed by atoms with E-state index in [9.17, 15) is 0 Å². The van der Waals surface area contributed by atoms with Crippen molar-refractivity contribution >= 4 is 28.6 Å². The molecular weight excluding hydrogens is 370 g/mol. The van der Waals surface area contributed by atoms with E-state index in [2.05, 4.69) is 20.3 Å². The van der Waals surface area contributed by atoms with Gasteiger partial charge >= 0.3 is 6.15 Å². The van der Waals surface area contributed by atoms with Crippen LogP contribution in [0, 0.1) is 6.92 Å². The Balaban J connectivity index is 0.000000755. The largest absolute Gasteiger partial charge is 0.490 e. The molecule has 1 aliphatic rings. The van der Waals surface area contributed by atoms with Crippen molar-refractivity contribution < 1.29 is 14.3 Å². The van der Waals surface area contributed by atoms with Crippen molar-refractivity contribution in [1.29, 1.82) is 0 Å². The van der Waals surface area contributed by atoms with Crippen LogP contribution in [0.1, 0.15) is 31.4 Å². The monoisotopic (exact) mass is 393 g/mol. The summed E-state index contributed by atoms with van der Waals surface area (Å²) >= 11 is 0. The van der Waals surface area contributed by atoms with Crippen LogP contribution in [0.2, 0.25) is 0 Å². The van der Waals surface area contributed by atoms with Gasteiger partial charge in [0.15, 0.2) is 0 Å². The van der Waals surface area contributed by atoms with Gasteiger partial charge in [-0.05, 0) is 50.8 Å². The van der Waals surface area contributed by atoms with Crippen molar-refractivity contribution in [3.63, 3.8) is 0 Å². The first-order valence-corrected chi connectivity index (χ1v) is 9.45. The third-order valence-electron chi connectivity index (χ3n) is 4.84. The van der Waals surface area contributed by atoms with Gasteiger partial charge in [-0.3, -0.25) is 9.97 Å². The molecule has 1 aromatic carbocycles. The molecule has 8 nitrogen and oxygen atoms in total. The van der Waals surface area contributed by atoms with E-state index < -0.39 is 0 Å². The zero-order valence-corrected chi connectivity index (χ0v) is 16.2. The third kappa shape index (κ3) is 5.27. The van der Waals surface area contributed by atoms with Crippen LogP contribution in [-0.4, -0.2) is 33.2 Å². The zero-order chi connectivity index (χ0) is 20.6. The number of hydrogen-bond acceptors (Lipinski definition) is 8. The minimum Gasteiger partial charge on any atom is -0.490 e. The number of nitrogen functional groups attached to an aromatic ring is 1. The fourth-order valence-corrected chi connectivity index (χ4v) is 3.61. The lowest BCUT2D eigenvalue weighted by molar-refractivity contribution is -0.191. The second kappa shape index (κ2) is 9.61. The molecule has 0 unspecified atom stereocenters. The predicted molar refractivity (Wildman–Crippen MR) is 108 cm³/mol. The van der Waals surface area contributed by atoms with Crippen LogP contribution in [-0.2, 0) is 9.59 Å². The summed E-state index contributed by atoms with van der Waals surface area (Å²) in [6, 6.07) is 8.25. The van der Waals surface area contributed by atoms with E-state index in [0.717, 1.165) is 59.5 Å². The van der Waals surface area contributed by atoms with E-state index in [1.165, 1.54) is 0 Å². The topological polar surface area (TPSA) is 120 Å². The van der Waals surface area contributed by atoms with Crippen molar-refractivity contribution in [2.45, 2.75) is 44.8 Å². The molecule has 0 bridgehead atoms. The van der Waals surface area contributed by atoms with Gasteiger partial charge in [-0.1, -0.05) is 6.07 Å². The molecule has 0 radical (unpaired) electrons. The van der Waals surface area contributed by atoms with Gasteiger partial charge in [0, 0.05) is 29.8 Å². The maximum absolute atomic E-state index is 8.12. The van der Waals surface area contributed by atoms with Crippen molar-refractivity contribution in [1.82, 2.24) is 15.0 Å². The molecule has 2 aromatic heterocycles. The van der Waals surface area contributed by atoms with E-state index in [-0.39, 0.29) is 12.3 Å². The molecular formula is C21H23N5O3. The fourth-order valence-electron chi connectivity index (χ4n) is 3.61. The Morgan fingerprint density at radius 2 is 1.93 bits per heavy atom. The zero-order valence-electron chi connectivity index (χ0n) is 16.2. The van der Waals surface area contributed by atoms with E-state index in [1.54, 1.807) is 18.6 Å². The molecule has 2 heterocycles. The molecule has 150 valence electrons. The molecule has 1 aliphatic carbocycles. The smallest absolute Gasteiger partial charge is 0.373 e. The molecule has 0 aliphatic heterocycles. The first-order chi connectivity index (χ1) is 14.1. The maximum Gasteiger partial charge on any atom is 0.373 e. The second-order valence-corrected chi connectivity index (χ2v) is 6.91. The summed E-state index contributed by atoms with van der Waals surface area (Å²) in [5.41, 5.74) is 8.76. The van der Waals surface area contributed by atoms with Crippen LogP contribution in [0.3, 0.4) is 0 Å². The van der Waals surface area contributed by atoms with Gasteiger partial charge in [-0.25, -0.2) is 4.98 Å². The summed E-state index contributed by atoms with van der Waals surface area (Å²) in [5.74, 6) is 1.66. The number of nitrogens with two attached hydrogens (primary N) is 1. The highest BCUT2D eigenvalue weighted by Crippen LogP contribution is 2.33. The van der Waals surface area contributed by atoms with Crippen LogP contribution in [0.15, 0.2) is 42.9 Å². The SMILES string of the molecule is Cc1cc(N)c2c(OC3CCC(Nc4cnccn4)CC3)cccc2n1.O=C=O. The number of hydrogen-bond donors (Lipinski definition) is 2. The van der Waals surface area contributed by atoms with Crippen LogP contribution in [0.5, 0.6) is 5.75 Å². The number of benzene rings is 1. The fraction of sp³-hybridized carbons (Fsp3) is 0.333. The van der Waals surface area contributed by atoms with Crippen LogP contribution in [0.4, 0.5) is 11.5 Å². The quantitative estimate of drug-likeness (QED) is 0.694. The molecule has 3 aromatic rings. The van der Waals surface area contributed by atoms with Crippen LogP contribution >= 0.6 is 0 Å². The van der Waals surface area contributed by atoms with Gasteiger partial charge in [0.2, 0.25) is 0 Å². The van der Waals surface area contributed by atoms with Crippen LogP contribution < -0.4 is 15.8 Å². The second-order valence-electron chi connectivity index (χ2n) is 6.91. The minimum atomic E-state index is 0.196. The van der Waals surface area contributed by atoms with E-state index in [1.807, 2.05) is 31.2 Å². The summed E-state index contributed by atoms with van der Waals surface area (Å²) < 4.78 is 6.31. The van der Waals surface area contributed by atoms with E-state index in [0.29, 0.717) is 6.04 Å². The number of nitrogens with one attached hydrogen (secondary N) is 1. The van der Waals surface area contributed by atoms with Crippen molar-refractivity contribution in [2.24, 2.45) is 0 Å². The minimum absolute atomic E-state index is 0.196. The highest BCUT2D eigenvalue weighted by molar-refractivity contribution is 5.95. The Labute approximate surface area is 168 Å². The lowest BCUT2D eigenvalue weighted by atomic mass is 9.93. The van der Waals surface area contributed by atoms with Gasteiger partial charge in [-0.2, -0.15) is 9.59 Å². The average molecular weight is 393 g/mol. The van der Waals surface area contributed by atoms with E-state index in [4.69, 9.17) is 20.1 Å². The van der Waals surface area contributed by atoms with Crippen molar-refractivity contribution in [3.8, 4) is 5.75 Å². The standard InChI is InChI=1S/C20H23N5O.CO2/c1-13-11-16(21)20-17(24-13)3-2-4-18(20)26-15-7-5-14(6-8-15)25-19-12-22-9-10-23-19;2-1-3/h2-4,9-12,14-15H,5-8H2,1H3,(H2,21,24)(H,23,25);. The number of anilines is 2. The molecule has 0 saturated heterocycles. The molecule has 1 fully saturated rings. The normalized spacial score (nSPS) is 18.2. The maximum atomic E-state index is 8.12. The van der Waals surface area contributed by atoms with Gasteiger partial charge in [0.25, 0.3) is 0 Å². The summed E-state index contributed by atoms with van der Waals surface area (Å²) in [6.45, 7) is 1.95. The Hall–Kier alpha value is -3.51. The number of ether oxygens (including phenoxy) is 1. The summed E-state index contributed by atoms with van der Waals surface area (Å²) in [7, 11) is 0. The molecule has 0 atom stereocenters. The van der Waals surface area contributed by atoms with Gasteiger partial charge in [0.05, 0.1) is 23.2 Å². The summed E-state index contributed by atoms with van der Waals surface area (Å²) in [4.78, 5) is 29.2. The number of aromatic nitrogens is 3. The highest BCUT2D eigenvalue weighted by Gasteiger charge is 2.23. The third-order valence-corrected chi connectivity index (χ3v) is 4.84. The Morgan fingerprint density at radius 3 is 2.62 bits per heavy atom. The van der Waals surface area contributed by atoms with Crippen LogP contribution in [0.25, 0.3) is 10.9 Å². The summed E-state index contributed by atoms with van der Waals surface area (Å²) in [5, 5.41) is 4.37. The van der Waals surface area contributed by atoms with Gasteiger partial charge in [-0.15, -0.1) is 0 Å². The number of carbonyl (C=O) groups excluding carboxylic acids is 2. The first kappa shape index (κ1) is 20.2. The number of aryl methyl sites for hydroxylation is 1. The Kier molecular flexibility index (Phi) is 6.71. The molecule has 4 rings (SSSR count). The summed E-state index contributed by atoms with van der Waals surface area (Å²) in [6.07, 6.45) is 9.66. The molecule has 1 saturated carbocycles.